The Balaban J connectivity index is 2.72. The van der Waals surface area contributed by atoms with Gasteiger partial charge in [-0.05, 0) is 5.92 Å². The van der Waals surface area contributed by atoms with Crippen LogP contribution in [-0.2, 0) is 0 Å². The number of rotatable bonds is 4. The molecule has 78 valence electrons. The van der Waals surface area contributed by atoms with Gasteiger partial charge in [-0.25, -0.2) is 4.98 Å². The minimum absolute atomic E-state index is 0.0200. The number of hydrogen-bond acceptors (Lipinski definition) is 4. The number of aliphatic hydroxyl groups is 1. The molecule has 1 aromatic heterocycles. The fourth-order valence-electron chi connectivity index (χ4n) is 1.06. The van der Waals surface area contributed by atoms with Crippen molar-refractivity contribution in [3.63, 3.8) is 0 Å². The molecule has 0 aliphatic carbocycles. The van der Waals surface area contributed by atoms with Crippen LogP contribution >= 0.6 is 0 Å². The first-order chi connectivity index (χ1) is 6.63. The van der Waals surface area contributed by atoms with Crippen LogP contribution in [0.2, 0.25) is 0 Å². The molecule has 3 N–H and O–H groups in total. The summed E-state index contributed by atoms with van der Waals surface area (Å²) in [4.78, 5) is 17.3. The van der Waals surface area contributed by atoms with Crippen LogP contribution in [-0.4, -0.2) is 27.7 Å². The zero-order valence-corrected chi connectivity index (χ0v) is 8.32. The zero-order chi connectivity index (χ0) is 10.6. The first kappa shape index (κ1) is 10.7. The molecular weight excluding hydrogens is 182 g/mol. The number of aromatic amines is 1. The van der Waals surface area contributed by atoms with Crippen molar-refractivity contribution in [2.24, 2.45) is 5.92 Å². The SMILES string of the molecule is CC(C)[C@@H](CO)Nc1cc(=O)[nH]cn1. The Labute approximate surface area is 82.2 Å². The lowest BCUT2D eigenvalue weighted by Gasteiger charge is -2.19. The second-order valence-corrected chi connectivity index (χ2v) is 3.47. The van der Waals surface area contributed by atoms with E-state index in [1.807, 2.05) is 13.8 Å². The van der Waals surface area contributed by atoms with Crippen molar-refractivity contribution in [3.8, 4) is 0 Å². The highest BCUT2D eigenvalue weighted by Crippen LogP contribution is 2.07. The largest absolute Gasteiger partial charge is 0.394 e. The van der Waals surface area contributed by atoms with Gasteiger partial charge in [-0.2, -0.15) is 0 Å². The highest BCUT2D eigenvalue weighted by molar-refractivity contribution is 5.33. The Hall–Kier alpha value is -1.36. The molecule has 0 aromatic carbocycles. The Bertz CT molecular complexity index is 335. The van der Waals surface area contributed by atoms with E-state index in [2.05, 4.69) is 15.3 Å². The summed E-state index contributed by atoms with van der Waals surface area (Å²) in [5.41, 5.74) is -0.206. The summed E-state index contributed by atoms with van der Waals surface area (Å²) < 4.78 is 0. The molecular formula is C9H15N3O2. The van der Waals surface area contributed by atoms with E-state index in [1.54, 1.807) is 0 Å². The molecule has 0 unspecified atom stereocenters. The first-order valence-corrected chi connectivity index (χ1v) is 4.55. The summed E-state index contributed by atoms with van der Waals surface area (Å²) in [5, 5.41) is 12.0. The predicted molar refractivity (Wildman–Crippen MR) is 54.2 cm³/mol. The van der Waals surface area contributed by atoms with Crippen LogP contribution in [0.3, 0.4) is 0 Å². The third-order valence-electron chi connectivity index (χ3n) is 2.01. The first-order valence-electron chi connectivity index (χ1n) is 4.55. The molecule has 0 bridgehead atoms. The van der Waals surface area contributed by atoms with Crippen molar-refractivity contribution in [3.05, 3.63) is 22.7 Å². The van der Waals surface area contributed by atoms with Crippen molar-refractivity contribution in [1.29, 1.82) is 0 Å². The molecule has 5 nitrogen and oxygen atoms in total. The standard InChI is InChI=1S/C9H15N3O2/c1-6(2)7(4-13)12-8-3-9(14)11-5-10-8/h3,5-7,13H,4H2,1-2H3,(H2,10,11,12,14)/t7-/m1/s1. The van der Waals surface area contributed by atoms with E-state index >= 15 is 0 Å². The average molecular weight is 197 g/mol. The number of anilines is 1. The zero-order valence-electron chi connectivity index (χ0n) is 8.32. The molecule has 0 aliphatic heterocycles. The van der Waals surface area contributed by atoms with E-state index in [0.29, 0.717) is 5.82 Å². The van der Waals surface area contributed by atoms with E-state index in [4.69, 9.17) is 5.11 Å². The van der Waals surface area contributed by atoms with Gasteiger partial charge in [0.05, 0.1) is 19.0 Å². The maximum atomic E-state index is 10.9. The fourth-order valence-corrected chi connectivity index (χ4v) is 1.06. The Morgan fingerprint density at radius 3 is 2.86 bits per heavy atom. The number of aliphatic hydroxyl groups excluding tert-OH is 1. The molecule has 0 saturated heterocycles. The number of aromatic nitrogens is 2. The van der Waals surface area contributed by atoms with E-state index in [0.717, 1.165) is 0 Å². The molecule has 1 aromatic rings. The van der Waals surface area contributed by atoms with Crippen LogP contribution in [0.4, 0.5) is 5.82 Å². The van der Waals surface area contributed by atoms with Gasteiger partial charge in [-0.1, -0.05) is 13.8 Å². The van der Waals surface area contributed by atoms with Crippen molar-refractivity contribution in [2.75, 3.05) is 11.9 Å². The Morgan fingerprint density at radius 1 is 1.64 bits per heavy atom. The smallest absolute Gasteiger partial charge is 0.252 e. The number of hydrogen-bond donors (Lipinski definition) is 3. The number of H-pyrrole nitrogens is 1. The molecule has 0 radical (unpaired) electrons. The minimum atomic E-state index is -0.206. The molecule has 1 atom stereocenters. The molecule has 0 amide bonds. The van der Waals surface area contributed by atoms with Gasteiger partial charge in [0.2, 0.25) is 0 Å². The fraction of sp³-hybridized carbons (Fsp3) is 0.556. The van der Waals surface area contributed by atoms with Crippen LogP contribution in [0.25, 0.3) is 0 Å². The normalized spacial score (nSPS) is 12.9. The highest BCUT2D eigenvalue weighted by atomic mass is 16.3. The molecule has 0 saturated carbocycles. The van der Waals surface area contributed by atoms with E-state index in [1.165, 1.54) is 12.4 Å². The van der Waals surface area contributed by atoms with E-state index in [-0.39, 0.29) is 24.1 Å². The van der Waals surface area contributed by atoms with E-state index in [9.17, 15) is 4.79 Å². The van der Waals surface area contributed by atoms with Gasteiger partial charge >= 0.3 is 0 Å². The Kier molecular flexibility index (Phi) is 3.64. The second-order valence-electron chi connectivity index (χ2n) is 3.47. The molecule has 14 heavy (non-hydrogen) atoms. The molecule has 0 aliphatic rings. The molecule has 5 heteroatoms. The summed E-state index contributed by atoms with van der Waals surface area (Å²) in [7, 11) is 0. The quantitative estimate of drug-likeness (QED) is 0.644. The van der Waals surface area contributed by atoms with Crippen LogP contribution in [0.5, 0.6) is 0 Å². The second kappa shape index (κ2) is 4.76. The number of nitrogens with one attached hydrogen (secondary N) is 2. The maximum Gasteiger partial charge on any atom is 0.252 e. The summed E-state index contributed by atoms with van der Waals surface area (Å²) in [6, 6.07) is 1.29. The monoisotopic (exact) mass is 197 g/mol. The molecule has 1 rings (SSSR count). The van der Waals surface area contributed by atoms with Crippen LogP contribution in [0.15, 0.2) is 17.2 Å². The lowest BCUT2D eigenvalue weighted by atomic mass is 10.1. The topological polar surface area (TPSA) is 78.0 Å². The van der Waals surface area contributed by atoms with Crippen molar-refractivity contribution in [1.82, 2.24) is 9.97 Å². The summed E-state index contributed by atoms with van der Waals surface area (Å²) >= 11 is 0. The molecule has 0 spiro atoms. The summed E-state index contributed by atoms with van der Waals surface area (Å²) in [5.74, 6) is 0.766. The van der Waals surface area contributed by atoms with Crippen LogP contribution < -0.4 is 10.9 Å². The third kappa shape index (κ3) is 2.85. The average Bonchev–Trinajstić information content (AvgIpc) is 2.14. The van der Waals surface area contributed by atoms with E-state index < -0.39 is 0 Å². The van der Waals surface area contributed by atoms with Gasteiger partial charge in [-0.15, -0.1) is 0 Å². The molecule has 0 fully saturated rings. The van der Waals surface area contributed by atoms with Crippen LogP contribution in [0.1, 0.15) is 13.8 Å². The molecule has 1 heterocycles. The Morgan fingerprint density at radius 2 is 2.36 bits per heavy atom. The maximum absolute atomic E-state index is 10.9. The minimum Gasteiger partial charge on any atom is -0.394 e. The van der Waals surface area contributed by atoms with Gasteiger partial charge in [0.15, 0.2) is 0 Å². The van der Waals surface area contributed by atoms with Gasteiger partial charge in [-0.3, -0.25) is 4.79 Å². The highest BCUT2D eigenvalue weighted by Gasteiger charge is 2.11. The van der Waals surface area contributed by atoms with Gasteiger partial charge in [0.1, 0.15) is 5.82 Å². The van der Waals surface area contributed by atoms with Crippen molar-refractivity contribution in [2.45, 2.75) is 19.9 Å². The third-order valence-corrected chi connectivity index (χ3v) is 2.01. The lowest BCUT2D eigenvalue weighted by molar-refractivity contribution is 0.249. The predicted octanol–water partition coefficient (Wildman–Crippen LogP) is 0.199. The summed E-state index contributed by atoms with van der Waals surface area (Å²) in [6.45, 7) is 3.99. The van der Waals surface area contributed by atoms with Gasteiger partial charge in [0, 0.05) is 6.07 Å². The van der Waals surface area contributed by atoms with Crippen molar-refractivity contribution >= 4 is 5.82 Å². The summed E-state index contributed by atoms with van der Waals surface area (Å²) in [6.07, 6.45) is 1.33. The van der Waals surface area contributed by atoms with Crippen molar-refractivity contribution < 1.29 is 5.11 Å². The van der Waals surface area contributed by atoms with Gasteiger partial charge in [0.25, 0.3) is 5.56 Å². The number of nitrogens with zero attached hydrogens (tertiary/aromatic N) is 1. The lowest BCUT2D eigenvalue weighted by Crippen LogP contribution is -2.30. The van der Waals surface area contributed by atoms with Crippen LogP contribution in [0, 0.1) is 5.92 Å². The van der Waals surface area contributed by atoms with Gasteiger partial charge < -0.3 is 15.4 Å².